The molecule has 2 aromatic rings. The standard InChI is InChI=1S/C16H17NO3/c1-2-15(18)20-16-13(17)9-6-10-14(16)19-11-12-7-4-3-5-8-12/h3-10H,2,11,17H2,1H3. The van der Waals surface area contributed by atoms with E-state index >= 15 is 0 Å². The van der Waals surface area contributed by atoms with Crippen molar-refractivity contribution in [1.82, 2.24) is 0 Å². The minimum Gasteiger partial charge on any atom is -0.485 e. The summed E-state index contributed by atoms with van der Waals surface area (Å²) in [5.41, 5.74) is 7.25. The van der Waals surface area contributed by atoms with Crippen LogP contribution >= 0.6 is 0 Å². The highest BCUT2D eigenvalue weighted by Crippen LogP contribution is 2.34. The summed E-state index contributed by atoms with van der Waals surface area (Å²) in [6.45, 7) is 2.12. The van der Waals surface area contributed by atoms with Crippen molar-refractivity contribution in [1.29, 1.82) is 0 Å². The Labute approximate surface area is 118 Å². The molecule has 0 atom stereocenters. The molecular formula is C16H17NO3. The van der Waals surface area contributed by atoms with Crippen LogP contribution in [0, 0.1) is 0 Å². The second-order valence-electron chi connectivity index (χ2n) is 4.28. The monoisotopic (exact) mass is 271 g/mol. The van der Waals surface area contributed by atoms with E-state index in [2.05, 4.69) is 0 Å². The lowest BCUT2D eigenvalue weighted by atomic mass is 10.2. The highest BCUT2D eigenvalue weighted by Gasteiger charge is 2.12. The van der Waals surface area contributed by atoms with Crippen LogP contribution in [-0.4, -0.2) is 5.97 Å². The minimum atomic E-state index is -0.340. The first-order valence-electron chi connectivity index (χ1n) is 6.46. The molecule has 0 saturated carbocycles. The van der Waals surface area contributed by atoms with E-state index in [4.69, 9.17) is 15.2 Å². The fourth-order valence-electron chi connectivity index (χ4n) is 1.68. The Morgan fingerprint density at radius 2 is 1.85 bits per heavy atom. The van der Waals surface area contributed by atoms with E-state index in [1.165, 1.54) is 0 Å². The smallest absolute Gasteiger partial charge is 0.311 e. The maximum atomic E-state index is 11.4. The van der Waals surface area contributed by atoms with E-state index in [0.717, 1.165) is 5.56 Å². The van der Waals surface area contributed by atoms with Gasteiger partial charge in [0.25, 0.3) is 0 Å². The molecule has 0 fully saturated rings. The van der Waals surface area contributed by atoms with Gasteiger partial charge in [-0.05, 0) is 17.7 Å². The molecule has 20 heavy (non-hydrogen) atoms. The Hall–Kier alpha value is -2.49. The zero-order valence-corrected chi connectivity index (χ0v) is 11.3. The van der Waals surface area contributed by atoms with Crippen molar-refractivity contribution < 1.29 is 14.3 Å². The van der Waals surface area contributed by atoms with E-state index in [1.54, 1.807) is 25.1 Å². The zero-order valence-electron chi connectivity index (χ0n) is 11.3. The summed E-state index contributed by atoms with van der Waals surface area (Å²) in [5.74, 6) is 0.415. The lowest BCUT2D eigenvalue weighted by Crippen LogP contribution is -2.09. The average molecular weight is 271 g/mol. The van der Waals surface area contributed by atoms with Gasteiger partial charge >= 0.3 is 5.97 Å². The summed E-state index contributed by atoms with van der Waals surface area (Å²) in [7, 11) is 0. The molecule has 4 heteroatoms. The summed E-state index contributed by atoms with van der Waals surface area (Å²) in [4.78, 5) is 11.4. The molecule has 0 aromatic heterocycles. The third-order valence-electron chi connectivity index (χ3n) is 2.75. The number of benzene rings is 2. The zero-order chi connectivity index (χ0) is 14.4. The molecule has 0 radical (unpaired) electrons. The first-order valence-corrected chi connectivity index (χ1v) is 6.46. The van der Waals surface area contributed by atoms with Crippen LogP contribution in [0.2, 0.25) is 0 Å². The van der Waals surface area contributed by atoms with Crippen LogP contribution in [0.5, 0.6) is 11.5 Å². The van der Waals surface area contributed by atoms with Gasteiger partial charge in [0.05, 0.1) is 5.69 Å². The van der Waals surface area contributed by atoms with Crippen molar-refractivity contribution in [2.45, 2.75) is 20.0 Å². The summed E-state index contributed by atoms with van der Waals surface area (Å²) < 4.78 is 10.9. The van der Waals surface area contributed by atoms with Gasteiger partial charge in [0.1, 0.15) is 6.61 Å². The first-order chi connectivity index (χ1) is 9.70. The molecule has 0 spiro atoms. The molecule has 0 aliphatic rings. The van der Waals surface area contributed by atoms with Crippen LogP contribution in [0.1, 0.15) is 18.9 Å². The SMILES string of the molecule is CCC(=O)Oc1c(N)cccc1OCc1ccccc1. The quantitative estimate of drug-likeness (QED) is 0.515. The van der Waals surface area contributed by atoms with Crippen molar-refractivity contribution in [2.24, 2.45) is 0 Å². The van der Waals surface area contributed by atoms with Gasteiger partial charge < -0.3 is 15.2 Å². The number of esters is 1. The van der Waals surface area contributed by atoms with Crippen LogP contribution in [0.15, 0.2) is 48.5 Å². The lowest BCUT2D eigenvalue weighted by molar-refractivity contribution is -0.134. The van der Waals surface area contributed by atoms with E-state index in [0.29, 0.717) is 18.0 Å². The minimum absolute atomic E-state index is 0.284. The van der Waals surface area contributed by atoms with Gasteiger partial charge in [-0.2, -0.15) is 0 Å². The number of carbonyl (C=O) groups excluding carboxylic acids is 1. The molecule has 2 aromatic carbocycles. The highest BCUT2D eigenvalue weighted by molar-refractivity contribution is 5.76. The molecule has 0 aliphatic heterocycles. The van der Waals surface area contributed by atoms with Crippen LogP contribution in [0.25, 0.3) is 0 Å². The number of rotatable bonds is 5. The summed E-state index contributed by atoms with van der Waals surface area (Å²) >= 11 is 0. The molecule has 0 bridgehead atoms. The fourth-order valence-corrected chi connectivity index (χ4v) is 1.68. The Balaban J connectivity index is 2.14. The molecule has 104 valence electrons. The van der Waals surface area contributed by atoms with E-state index in [-0.39, 0.29) is 18.1 Å². The van der Waals surface area contributed by atoms with Gasteiger partial charge in [0, 0.05) is 6.42 Å². The van der Waals surface area contributed by atoms with E-state index < -0.39 is 0 Å². The number of hydrogen-bond donors (Lipinski definition) is 1. The topological polar surface area (TPSA) is 61.5 Å². The van der Waals surface area contributed by atoms with Crippen LogP contribution in [0.4, 0.5) is 5.69 Å². The van der Waals surface area contributed by atoms with Crippen LogP contribution < -0.4 is 15.2 Å². The summed E-state index contributed by atoms with van der Waals surface area (Å²) in [6.07, 6.45) is 0.284. The number of nitrogens with two attached hydrogens (primary N) is 1. The van der Waals surface area contributed by atoms with Crippen molar-refractivity contribution in [3.63, 3.8) is 0 Å². The molecule has 0 unspecified atom stereocenters. The number of ether oxygens (including phenoxy) is 2. The molecule has 0 amide bonds. The Kier molecular flexibility index (Phi) is 4.60. The van der Waals surface area contributed by atoms with Crippen molar-refractivity contribution in [3.8, 4) is 11.5 Å². The predicted molar refractivity (Wildman–Crippen MR) is 77.6 cm³/mol. The number of anilines is 1. The van der Waals surface area contributed by atoms with Crippen molar-refractivity contribution in [2.75, 3.05) is 5.73 Å². The lowest BCUT2D eigenvalue weighted by Gasteiger charge is -2.13. The number of hydrogen-bond acceptors (Lipinski definition) is 4. The Morgan fingerprint density at radius 3 is 2.55 bits per heavy atom. The molecular weight excluding hydrogens is 254 g/mol. The molecule has 0 saturated heterocycles. The highest BCUT2D eigenvalue weighted by atomic mass is 16.6. The maximum Gasteiger partial charge on any atom is 0.311 e. The third kappa shape index (κ3) is 3.51. The van der Waals surface area contributed by atoms with Crippen molar-refractivity contribution >= 4 is 11.7 Å². The third-order valence-corrected chi connectivity index (χ3v) is 2.75. The molecule has 2 N–H and O–H groups in total. The second kappa shape index (κ2) is 6.61. The second-order valence-corrected chi connectivity index (χ2v) is 4.28. The maximum absolute atomic E-state index is 11.4. The van der Waals surface area contributed by atoms with Gasteiger partial charge in [-0.25, -0.2) is 0 Å². The fraction of sp³-hybridized carbons (Fsp3) is 0.188. The molecule has 4 nitrogen and oxygen atoms in total. The number of carbonyl (C=O) groups is 1. The van der Waals surface area contributed by atoms with Gasteiger partial charge in [0.2, 0.25) is 0 Å². The Morgan fingerprint density at radius 1 is 1.10 bits per heavy atom. The van der Waals surface area contributed by atoms with E-state index in [1.807, 2.05) is 30.3 Å². The molecule has 0 aliphatic carbocycles. The largest absolute Gasteiger partial charge is 0.485 e. The molecule has 0 heterocycles. The van der Waals surface area contributed by atoms with Crippen LogP contribution in [0.3, 0.4) is 0 Å². The van der Waals surface area contributed by atoms with Gasteiger partial charge in [-0.15, -0.1) is 0 Å². The predicted octanol–water partition coefficient (Wildman–Crippen LogP) is 3.16. The van der Waals surface area contributed by atoms with Gasteiger partial charge in [-0.1, -0.05) is 43.3 Å². The van der Waals surface area contributed by atoms with E-state index in [9.17, 15) is 4.79 Å². The van der Waals surface area contributed by atoms with Gasteiger partial charge in [-0.3, -0.25) is 4.79 Å². The van der Waals surface area contributed by atoms with Crippen LogP contribution in [-0.2, 0) is 11.4 Å². The number of nitrogen functional groups attached to an aromatic ring is 1. The number of para-hydroxylation sites is 1. The normalized spacial score (nSPS) is 10.1. The average Bonchev–Trinajstić information content (AvgIpc) is 2.48. The summed E-state index contributed by atoms with van der Waals surface area (Å²) in [6, 6.07) is 14.9. The summed E-state index contributed by atoms with van der Waals surface area (Å²) in [5, 5.41) is 0. The first kappa shape index (κ1) is 13.9. The van der Waals surface area contributed by atoms with Gasteiger partial charge in [0.15, 0.2) is 11.5 Å². The molecule has 2 rings (SSSR count). The Bertz CT molecular complexity index is 582. The van der Waals surface area contributed by atoms with Crippen molar-refractivity contribution in [3.05, 3.63) is 54.1 Å².